The van der Waals surface area contributed by atoms with E-state index in [1.807, 2.05) is 40.7 Å². The summed E-state index contributed by atoms with van der Waals surface area (Å²) in [7, 11) is 0. The van der Waals surface area contributed by atoms with E-state index in [0.29, 0.717) is 10.8 Å². The third-order valence-electron chi connectivity index (χ3n) is 4.71. The molecular formula is C20H21ClN4OS2. The summed E-state index contributed by atoms with van der Waals surface area (Å²) in [6.45, 7) is 5.27. The molecular weight excluding hydrogens is 412 g/mol. The van der Waals surface area contributed by atoms with Gasteiger partial charge in [0.05, 0.1) is 5.69 Å². The first-order valence-corrected chi connectivity index (χ1v) is 11.5. The number of benzene rings is 1. The smallest absolute Gasteiger partial charge is 0.248 e. The summed E-state index contributed by atoms with van der Waals surface area (Å²) in [5, 5.41) is 5.28. The third-order valence-corrected chi connectivity index (χ3v) is 6.68. The van der Waals surface area contributed by atoms with Crippen molar-refractivity contribution >= 4 is 57.3 Å². The fourth-order valence-electron chi connectivity index (χ4n) is 3.24. The zero-order valence-corrected chi connectivity index (χ0v) is 17.9. The van der Waals surface area contributed by atoms with Crippen LogP contribution in [0.15, 0.2) is 35.9 Å². The van der Waals surface area contributed by atoms with Crippen molar-refractivity contribution < 1.29 is 4.79 Å². The molecule has 28 heavy (non-hydrogen) atoms. The molecule has 1 amide bonds. The lowest BCUT2D eigenvalue weighted by atomic mass is 10.1. The lowest BCUT2D eigenvalue weighted by molar-refractivity contribution is -0.111. The molecule has 2 aromatic heterocycles. The SMILES string of the molecule is Cc1cc(CN2CCSCC2)ccc1NC(=O)/C=C/c1c(Cl)nc2sccn12. The molecule has 146 valence electrons. The van der Waals surface area contributed by atoms with Gasteiger partial charge >= 0.3 is 0 Å². The molecule has 1 saturated heterocycles. The fourth-order valence-corrected chi connectivity index (χ4v) is 5.22. The molecule has 0 spiro atoms. The highest BCUT2D eigenvalue weighted by atomic mass is 35.5. The van der Waals surface area contributed by atoms with Crippen LogP contribution in [-0.2, 0) is 11.3 Å². The number of nitrogens with one attached hydrogen (secondary N) is 1. The Hall–Kier alpha value is -1.80. The van der Waals surface area contributed by atoms with Gasteiger partial charge in [-0.1, -0.05) is 23.7 Å². The van der Waals surface area contributed by atoms with Crippen LogP contribution >= 0.6 is 34.7 Å². The Kier molecular flexibility index (Phi) is 6.06. The van der Waals surface area contributed by atoms with Crippen LogP contribution < -0.4 is 5.32 Å². The van der Waals surface area contributed by atoms with Crippen molar-refractivity contribution in [3.8, 4) is 0 Å². The second-order valence-corrected chi connectivity index (χ2v) is 9.16. The number of fused-ring (bicyclic) bond motifs is 1. The molecule has 0 radical (unpaired) electrons. The van der Waals surface area contributed by atoms with Gasteiger partial charge in [-0.15, -0.1) is 11.3 Å². The van der Waals surface area contributed by atoms with E-state index in [2.05, 4.69) is 27.3 Å². The maximum Gasteiger partial charge on any atom is 0.248 e. The number of amides is 1. The van der Waals surface area contributed by atoms with Gasteiger partial charge in [-0.3, -0.25) is 14.1 Å². The lowest BCUT2D eigenvalue weighted by Crippen LogP contribution is -2.31. The molecule has 4 rings (SSSR count). The molecule has 0 saturated carbocycles. The first-order valence-electron chi connectivity index (χ1n) is 9.10. The Bertz CT molecular complexity index is 1020. The number of aromatic nitrogens is 2. The minimum atomic E-state index is -0.190. The van der Waals surface area contributed by atoms with Crippen molar-refractivity contribution in [1.82, 2.24) is 14.3 Å². The number of aryl methyl sites for hydroxylation is 1. The zero-order chi connectivity index (χ0) is 19.5. The van der Waals surface area contributed by atoms with E-state index >= 15 is 0 Å². The van der Waals surface area contributed by atoms with Crippen molar-refractivity contribution in [3.05, 3.63) is 57.8 Å². The standard InChI is InChI=1S/C20H21ClN4OS2/c1-14-12-15(13-24-6-9-27-10-7-24)2-3-16(14)22-18(26)5-4-17-19(21)23-20-25(17)8-11-28-20/h2-5,8,11-12H,6-7,9-10,13H2,1H3,(H,22,26)/b5-4+. The first kappa shape index (κ1) is 19.5. The van der Waals surface area contributed by atoms with Crippen molar-refractivity contribution in [2.24, 2.45) is 0 Å². The number of thioether (sulfide) groups is 1. The predicted octanol–water partition coefficient (Wildman–Crippen LogP) is 4.56. The number of hydrogen-bond acceptors (Lipinski definition) is 5. The number of carbonyl (C=O) groups is 1. The van der Waals surface area contributed by atoms with Crippen molar-refractivity contribution in [2.75, 3.05) is 29.9 Å². The molecule has 0 aliphatic carbocycles. The van der Waals surface area contributed by atoms with Crippen molar-refractivity contribution in [3.63, 3.8) is 0 Å². The summed E-state index contributed by atoms with van der Waals surface area (Å²) in [6, 6.07) is 6.23. The van der Waals surface area contributed by atoms with Crippen LogP contribution in [-0.4, -0.2) is 44.8 Å². The van der Waals surface area contributed by atoms with Crippen molar-refractivity contribution in [1.29, 1.82) is 0 Å². The molecule has 0 bridgehead atoms. The topological polar surface area (TPSA) is 49.6 Å². The predicted molar refractivity (Wildman–Crippen MR) is 120 cm³/mol. The molecule has 1 aliphatic heterocycles. The summed E-state index contributed by atoms with van der Waals surface area (Å²) in [5.74, 6) is 2.22. The summed E-state index contributed by atoms with van der Waals surface area (Å²) in [4.78, 5) is 19.9. The summed E-state index contributed by atoms with van der Waals surface area (Å²) in [6.07, 6.45) is 5.08. The van der Waals surface area contributed by atoms with E-state index < -0.39 is 0 Å². The van der Waals surface area contributed by atoms with E-state index in [9.17, 15) is 4.79 Å². The van der Waals surface area contributed by atoms with Crippen LogP contribution in [0.25, 0.3) is 11.0 Å². The van der Waals surface area contributed by atoms with Gasteiger partial charge < -0.3 is 5.32 Å². The highest BCUT2D eigenvalue weighted by molar-refractivity contribution is 7.99. The normalized spacial score (nSPS) is 15.5. The van der Waals surface area contributed by atoms with Gasteiger partial charge in [-0.2, -0.15) is 11.8 Å². The van der Waals surface area contributed by atoms with Gasteiger partial charge in [0.2, 0.25) is 5.91 Å². The van der Waals surface area contributed by atoms with E-state index in [1.165, 1.54) is 34.5 Å². The highest BCUT2D eigenvalue weighted by Gasteiger charge is 2.12. The minimum absolute atomic E-state index is 0.190. The van der Waals surface area contributed by atoms with Gasteiger partial charge in [0.15, 0.2) is 10.1 Å². The largest absolute Gasteiger partial charge is 0.322 e. The second kappa shape index (κ2) is 8.69. The molecule has 1 aliphatic rings. The van der Waals surface area contributed by atoms with Gasteiger partial charge in [0, 0.05) is 54.5 Å². The summed E-state index contributed by atoms with van der Waals surface area (Å²) >= 11 is 9.68. The zero-order valence-electron chi connectivity index (χ0n) is 15.5. The molecule has 1 aromatic carbocycles. The monoisotopic (exact) mass is 432 g/mol. The number of nitrogens with zero attached hydrogens (tertiary/aromatic N) is 3. The fraction of sp³-hybridized carbons (Fsp3) is 0.300. The molecule has 1 N–H and O–H groups in total. The average Bonchev–Trinajstić information content (AvgIpc) is 3.24. The molecule has 3 heterocycles. The maximum absolute atomic E-state index is 12.4. The molecule has 3 aromatic rings. The maximum atomic E-state index is 12.4. The van der Waals surface area contributed by atoms with Crippen molar-refractivity contribution in [2.45, 2.75) is 13.5 Å². The van der Waals surface area contributed by atoms with E-state index in [1.54, 1.807) is 6.08 Å². The Morgan fingerprint density at radius 3 is 2.96 bits per heavy atom. The molecule has 0 unspecified atom stereocenters. The Labute approximate surface area is 177 Å². The summed E-state index contributed by atoms with van der Waals surface area (Å²) < 4.78 is 1.87. The molecule has 5 nitrogen and oxygen atoms in total. The number of imidazole rings is 1. The number of hydrogen-bond donors (Lipinski definition) is 1. The first-order chi connectivity index (χ1) is 13.6. The number of rotatable bonds is 5. The Morgan fingerprint density at radius 1 is 1.36 bits per heavy atom. The highest BCUT2D eigenvalue weighted by Crippen LogP contribution is 2.23. The van der Waals surface area contributed by atoms with Gasteiger partial charge in [-0.25, -0.2) is 4.98 Å². The lowest BCUT2D eigenvalue weighted by Gasteiger charge is -2.26. The molecule has 0 atom stereocenters. The quantitative estimate of drug-likeness (QED) is 0.600. The summed E-state index contributed by atoms with van der Waals surface area (Å²) in [5.41, 5.74) is 3.88. The van der Waals surface area contributed by atoms with Gasteiger partial charge in [0.1, 0.15) is 0 Å². The number of carbonyl (C=O) groups excluding carboxylic acids is 1. The second-order valence-electron chi connectivity index (χ2n) is 6.70. The number of halogens is 1. The third kappa shape index (κ3) is 4.43. The molecule has 8 heteroatoms. The average molecular weight is 433 g/mol. The van der Waals surface area contributed by atoms with E-state index in [-0.39, 0.29) is 5.91 Å². The van der Waals surface area contributed by atoms with Crippen LogP contribution in [0.2, 0.25) is 5.15 Å². The van der Waals surface area contributed by atoms with Gasteiger partial charge in [0.25, 0.3) is 0 Å². The van der Waals surface area contributed by atoms with Crippen LogP contribution in [0.4, 0.5) is 5.69 Å². The van der Waals surface area contributed by atoms with Crippen LogP contribution in [0.3, 0.4) is 0 Å². The van der Waals surface area contributed by atoms with Crippen LogP contribution in [0, 0.1) is 6.92 Å². The Balaban J connectivity index is 1.41. The number of thiazole rings is 1. The van der Waals surface area contributed by atoms with E-state index in [0.717, 1.165) is 35.8 Å². The minimum Gasteiger partial charge on any atom is -0.322 e. The Morgan fingerprint density at radius 2 is 2.18 bits per heavy atom. The van der Waals surface area contributed by atoms with Crippen LogP contribution in [0.5, 0.6) is 0 Å². The van der Waals surface area contributed by atoms with Crippen LogP contribution in [0.1, 0.15) is 16.8 Å². The van der Waals surface area contributed by atoms with Gasteiger partial charge in [-0.05, 0) is 30.2 Å². The molecule has 1 fully saturated rings. The van der Waals surface area contributed by atoms with E-state index in [4.69, 9.17) is 11.6 Å². The number of anilines is 1.